The Hall–Kier alpha value is -1.33. The lowest BCUT2D eigenvalue weighted by molar-refractivity contribution is -0.137. The maximum atomic E-state index is 12.4. The summed E-state index contributed by atoms with van der Waals surface area (Å²) < 4.78 is 37.3. The summed E-state index contributed by atoms with van der Waals surface area (Å²) in [5.41, 5.74) is 0.121. The van der Waals surface area contributed by atoms with Crippen LogP contribution in [0, 0.1) is 0 Å². The van der Waals surface area contributed by atoms with E-state index in [-0.39, 0.29) is 5.56 Å². The Balaban J connectivity index is 3.01. The van der Waals surface area contributed by atoms with Gasteiger partial charge in [-0.15, -0.1) is 0 Å². The summed E-state index contributed by atoms with van der Waals surface area (Å²) in [5.74, 6) is 0. The van der Waals surface area contributed by atoms with Crippen LogP contribution in [0.15, 0.2) is 24.3 Å². The van der Waals surface area contributed by atoms with Gasteiger partial charge in [-0.3, -0.25) is 0 Å². The van der Waals surface area contributed by atoms with Crippen molar-refractivity contribution in [2.45, 2.75) is 12.8 Å². The zero-order valence-corrected chi connectivity index (χ0v) is 9.38. The number of aliphatic hydroxyl groups excluding tert-OH is 1. The number of aliphatic hydroxyl groups is 1. The van der Waals surface area contributed by atoms with E-state index in [0.29, 0.717) is 12.1 Å². The molecule has 0 fully saturated rings. The normalized spacial score (nSPS) is 12.3. The molecule has 0 unspecified atom stereocenters. The zero-order valence-electron chi connectivity index (χ0n) is 9.38. The van der Waals surface area contributed by atoms with Crippen LogP contribution in [0.3, 0.4) is 0 Å². The van der Waals surface area contributed by atoms with E-state index in [1.54, 1.807) is 19.2 Å². The molecule has 1 rings (SSSR count). The van der Waals surface area contributed by atoms with E-state index in [1.807, 2.05) is 0 Å². The molecule has 0 saturated carbocycles. The van der Waals surface area contributed by atoms with Crippen molar-refractivity contribution >= 4 is 6.08 Å². The standard InChI is InChI=1S/C12H14F3NO/c1-16-6-2-3-9-4-5-11(12(13,14)15)7-10(9)8-17/h2-5,7,16-17H,6,8H2,1H3. The third kappa shape index (κ3) is 3.87. The van der Waals surface area contributed by atoms with Crippen molar-refractivity contribution in [1.82, 2.24) is 5.32 Å². The van der Waals surface area contributed by atoms with Crippen LogP contribution in [0.5, 0.6) is 0 Å². The van der Waals surface area contributed by atoms with Crippen LogP contribution in [-0.2, 0) is 12.8 Å². The fourth-order valence-corrected chi connectivity index (χ4v) is 1.39. The number of benzene rings is 1. The first-order valence-corrected chi connectivity index (χ1v) is 5.11. The Bertz CT molecular complexity index is 399. The van der Waals surface area contributed by atoms with Gasteiger partial charge in [0, 0.05) is 6.54 Å². The molecule has 0 saturated heterocycles. The molecule has 0 spiro atoms. The summed E-state index contributed by atoms with van der Waals surface area (Å²) >= 11 is 0. The molecule has 0 heterocycles. The first-order chi connectivity index (χ1) is 7.99. The molecule has 2 nitrogen and oxygen atoms in total. The van der Waals surface area contributed by atoms with Crippen LogP contribution in [-0.4, -0.2) is 18.7 Å². The summed E-state index contributed by atoms with van der Waals surface area (Å²) in [6, 6.07) is 3.35. The number of hydrogen-bond donors (Lipinski definition) is 2. The van der Waals surface area contributed by atoms with Crippen molar-refractivity contribution in [1.29, 1.82) is 0 Å². The van der Waals surface area contributed by atoms with Crippen LogP contribution in [0.1, 0.15) is 16.7 Å². The molecule has 17 heavy (non-hydrogen) atoms. The average molecular weight is 245 g/mol. The average Bonchev–Trinajstić information content (AvgIpc) is 2.28. The van der Waals surface area contributed by atoms with Crippen LogP contribution in [0.2, 0.25) is 0 Å². The van der Waals surface area contributed by atoms with Gasteiger partial charge in [0.05, 0.1) is 12.2 Å². The van der Waals surface area contributed by atoms with E-state index in [2.05, 4.69) is 5.32 Å². The molecule has 0 aromatic heterocycles. The lowest BCUT2D eigenvalue weighted by atomic mass is 10.0. The van der Waals surface area contributed by atoms with E-state index in [9.17, 15) is 13.2 Å². The van der Waals surface area contributed by atoms with Gasteiger partial charge in [0.25, 0.3) is 0 Å². The van der Waals surface area contributed by atoms with Crippen molar-refractivity contribution in [3.8, 4) is 0 Å². The summed E-state index contributed by atoms with van der Waals surface area (Å²) in [4.78, 5) is 0. The molecule has 0 aliphatic carbocycles. The van der Waals surface area contributed by atoms with E-state index in [0.717, 1.165) is 12.1 Å². The van der Waals surface area contributed by atoms with Gasteiger partial charge in [0.2, 0.25) is 0 Å². The first kappa shape index (κ1) is 13.7. The van der Waals surface area contributed by atoms with Crippen LogP contribution in [0.25, 0.3) is 6.08 Å². The van der Waals surface area contributed by atoms with E-state index in [4.69, 9.17) is 5.11 Å². The largest absolute Gasteiger partial charge is 0.416 e. The predicted molar refractivity (Wildman–Crippen MR) is 60.3 cm³/mol. The Morgan fingerprint density at radius 3 is 2.59 bits per heavy atom. The number of hydrogen-bond acceptors (Lipinski definition) is 2. The minimum absolute atomic E-state index is 0.271. The fraction of sp³-hybridized carbons (Fsp3) is 0.333. The number of alkyl halides is 3. The summed E-state index contributed by atoms with van der Waals surface area (Å²) in [6.45, 7) is 0.203. The minimum atomic E-state index is -4.38. The highest BCUT2D eigenvalue weighted by molar-refractivity contribution is 5.55. The SMILES string of the molecule is CNCC=Cc1ccc(C(F)(F)F)cc1CO. The van der Waals surface area contributed by atoms with Crippen molar-refractivity contribution in [3.63, 3.8) is 0 Å². The van der Waals surface area contributed by atoms with Gasteiger partial charge in [-0.1, -0.05) is 18.2 Å². The zero-order chi connectivity index (χ0) is 12.9. The van der Waals surface area contributed by atoms with Gasteiger partial charge in [0.15, 0.2) is 0 Å². The first-order valence-electron chi connectivity index (χ1n) is 5.11. The molecular weight excluding hydrogens is 231 g/mol. The molecule has 0 atom stereocenters. The number of likely N-dealkylation sites (N-methyl/N-ethyl adjacent to an activating group) is 1. The van der Waals surface area contributed by atoms with Crippen LogP contribution < -0.4 is 5.32 Å². The van der Waals surface area contributed by atoms with E-state index in [1.165, 1.54) is 6.07 Å². The Labute approximate surface area is 97.8 Å². The van der Waals surface area contributed by atoms with E-state index >= 15 is 0 Å². The number of nitrogens with one attached hydrogen (secondary N) is 1. The highest BCUT2D eigenvalue weighted by atomic mass is 19.4. The van der Waals surface area contributed by atoms with Crippen molar-refractivity contribution in [2.75, 3.05) is 13.6 Å². The monoisotopic (exact) mass is 245 g/mol. The molecular formula is C12H14F3NO. The van der Waals surface area contributed by atoms with Gasteiger partial charge in [-0.2, -0.15) is 13.2 Å². The summed E-state index contributed by atoms with van der Waals surface area (Å²) in [7, 11) is 1.77. The molecule has 0 aliphatic rings. The summed E-state index contributed by atoms with van der Waals surface area (Å²) in [6.07, 6.45) is -0.916. The van der Waals surface area contributed by atoms with Crippen LogP contribution in [0.4, 0.5) is 13.2 Å². The van der Waals surface area contributed by atoms with Gasteiger partial charge in [-0.25, -0.2) is 0 Å². The van der Waals surface area contributed by atoms with Crippen molar-refractivity contribution in [3.05, 3.63) is 41.0 Å². The fourth-order valence-electron chi connectivity index (χ4n) is 1.39. The quantitative estimate of drug-likeness (QED) is 0.853. The van der Waals surface area contributed by atoms with Gasteiger partial charge in [0.1, 0.15) is 0 Å². The topological polar surface area (TPSA) is 32.3 Å². The molecule has 2 N–H and O–H groups in total. The molecule has 94 valence electrons. The molecule has 1 aromatic carbocycles. The molecule has 0 bridgehead atoms. The van der Waals surface area contributed by atoms with Crippen molar-refractivity contribution < 1.29 is 18.3 Å². The minimum Gasteiger partial charge on any atom is -0.392 e. The number of halogens is 3. The maximum Gasteiger partial charge on any atom is 0.416 e. The van der Waals surface area contributed by atoms with Crippen molar-refractivity contribution in [2.24, 2.45) is 0 Å². The second-order valence-electron chi connectivity index (χ2n) is 3.53. The molecule has 0 radical (unpaired) electrons. The third-order valence-electron chi connectivity index (χ3n) is 2.26. The Morgan fingerprint density at radius 2 is 2.06 bits per heavy atom. The van der Waals surface area contributed by atoms with Gasteiger partial charge in [-0.05, 0) is 30.3 Å². The van der Waals surface area contributed by atoms with Gasteiger partial charge >= 0.3 is 6.18 Å². The summed E-state index contributed by atoms with van der Waals surface area (Å²) in [5, 5.41) is 11.9. The molecule has 0 aliphatic heterocycles. The molecule has 0 amide bonds. The Kier molecular flexibility index (Phi) is 4.72. The van der Waals surface area contributed by atoms with Crippen LogP contribution >= 0.6 is 0 Å². The third-order valence-corrected chi connectivity index (χ3v) is 2.26. The Morgan fingerprint density at radius 1 is 1.35 bits per heavy atom. The second kappa shape index (κ2) is 5.84. The smallest absolute Gasteiger partial charge is 0.392 e. The highest BCUT2D eigenvalue weighted by Crippen LogP contribution is 2.30. The molecule has 1 aromatic rings. The lowest BCUT2D eigenvalue weighted by Gasteiger charge is -2.10. The maximum absolute atomic E-state index is 12.4. The number of rotatable bonds is 4. The second-order valence-corrected chi connectivity index (χ2v) is 3.53. The molecule has 5 heteroatoms. The lowest BCUT2D eigenvalue weighted by Crippen LogP contribution is -2.06. The van der Waals surface area contributed by atoms with Gasteiger partial charge < -0.3 is 10.4 Å². The van der Waals surface area contributed by atoms with E-state index < -0.39 is 18.3 Å². The highest BCUT2D eigenvalue weighted by Gasteiger charge is 2.30. The predicted octanol–water partition coefficient (Wildman–Crippen LogP) is 2.43.